The summed E-state index contributed by atoms with van der Waals surface area (Å²) < 4.78 is 31.1. The minimum absolute atomic E-state index is 0.0666. The van der Waals surface area contributed by atoms with E-state index in [0.717, 1.165) is 0 Å². The van der Waals surface area contributed by atoms with Crippen molar-refractivity contribution in [2.75, 3.05) is 6.54 Å². The predicted molar refractivity (Wildman–Crippen MR) is 80.7 cm³/mol. The Kier molecular flexibility index (Phi) is 5.24. The van der Waals surface area contributed by atoms with Crippen LogP contribution in [-0.4, -0.2) is 25.9 Å². The van der Waals surface area contributed by atoms with Crippen molar-refractivity contribution in [2.24, 2.45) is 0 Å². The Morgan fingerprint density at radius 2 is 1.91 bits per heavy atom. The van der Waals surface area contributed by atoms with Gasteiger partial charge in [0, 0.05) is 12.7 Å². The number of esters is 1. The highest BCUT2D eigenvalue weighted by atomic mass is 32.2. The van der Waals surface area contributed by atoms with Gasteiger partial charge in [0.1, 0.15) is 6.61 Å². The molecule has 0 unspecified atom stereocenters. The van der Waals surface area contributed by atoms with Crippen LogP contribution in [-0.2, 0) is 21.4 Å². The molecule has 0 fully saturated rings. The summed E-state index contributed by atoms with van der Waals surface area (Å²) in [6.07, 6.45) is 1.61. The Labute approximate surface area is 129 Å². The highest BCUT2D eigenvalue weighted by molar-refractivity contribution is 7.89. The topological polar surface area (TPSA) is 85.4 Å². The fourth-order valence-electron chi connectivity index (χ4n) is 1.75. The molecule has 2 aromatic rings. The molecule has 1 aromatic heterocycles. The normalized spacial score (nSPS) is 11.1. The first kappa shape index (κ1) is 16.1. The Balaban J connectivity index is 2.02. The second-order valence-corrected chi connectivity index (χ2v) is 6.19. The number of carbonyl (C=O) groups is 1. The number of nitrogens with one attached hydrogen (secondary N) is 1. The largest absolute Gasteiger partial charge is 0.456 e. The van der Waals surface area contributed by atoms with E-state index in [2.05, 4.69) is 9.71 Å². The number of rotatable bonds is 6. The molecule has 1 aromatic carbocycles. The average Bonchev–Trinajstić information content (AvgIpc) is 2.54. The third-order valence-corrected chi connectivity index (χ3v) is 4.37. The van der Waals surface area contributed by atoms with Gasteiger partial charge in [0.25, 0.3) is 0 Å². The first-order valence-electron chi connectivity index (χ1n) is 6.69. The van der Waals surface area contributed by atoms with Crippen molar-refractivity contribution in [3.05, 3.63) is 59.9 Å². The van der Waals surface area contributed by atoms with Crippen LogP contribution >= 0.6 is 0 Å². The Bertz CT molecular complexity index is 728. The molecule has 0 bridgehead atoms. The van der Waals surface area contributed by atoms with Crippen LogP contribution in [0.4, 0.5) is 0 Å². The Morgan fingerprint density at radius 3 is 2.50 bits per heavy atom. The van der Waals surface area contributed by atoms with Gasteiger partial charge >= 0.3 is 5.97 Å². The second-order valence-electron chi connectivity index (χ2n) is 4.42. The fraction of sp³-hybridized carbons (Fsp3) is 0.200. The van der Waals surface area contributed by atoms with Gasteiger partial charge in [0.2, 0.25) is 10.0 Å². The van der Waals surface area contributed by atoms with Gasteiger partial charge in [0.15, 0.2) is 0 Å². The number of ether oxygens (including phenoxy) is 1. The maximum atomic E-state index is 11.9. The maximum Gasteiger partial charge on any atom is 0.338 e. The summed E-state index contributed by atoms with van der Waals surface area (Å²) in [5, 5.41) is 0. The molecule has 7 heteroatoms. The van der Waals surface area contributed by atoms with E-state index in [4.69, 9.17) is 4.74 Å². The Morgan fingerprint density at radius 1 is 1.18 bits per heavy atom. The van der Waals surface area contributed by atoms with Gasteiger partial charge in [-0.25, -0.2) is 17.9 Å². The van der Waals surface area contributed by atoms with Crippen molar-refractivity contribution in [2.45, 2.75) is 18.4 Å². The zero-order valence-corrected chi connectivity index (χ0v) is 12.8. The van der Waals surface area contributed by atoms with Crippen molar-refractivity contribution in [3.8, 4) is 0 Å². The second kappa shape index (κ2) is 7.15. The van der Waals surface area contributed by atoms with E-state index in [1.54, 1.807) is 31.3 Å². The summed E-state index contributed by atoms with van der Waals surface area (Å²) in [4.78, 5) is 16.0. The van der Waals surface area contributed by atoms with Crippen molar-refractivity contribution >= 4 is 16.0 Å². The molecule has 0 radical (unpaired) electrons. The zero-order valence-electron chi connectivity index (χ0n) is 12.0. The van der Waals surface area contributed by atoms with Crippen LogP contribution in [0, 0.1) is 0 Å². The van der Waals surface area contributed by atoms with Crippen LogP contribution in [0.5, 0.6) is 0 Å². The third-order valence-electron chi connectivity index (χ3n) is 2.81. The van der Waals surface area contributed by atoms with Gasteiger partial charge < -0.3 is 4.74 Å². The van der Waals surface area contributed by atoms with E-state index in [9.17, 15) is 13.2 Å². The zero-order chi connectivity index (χ0) is 16.0. The van der Waals surface area contributed by atoms with E-state index in [0.29, 0.717) is 12.2 Å². The lowest BCUT2D eigenvalue weighted by molar-refractivity contribution is 0.0467. The molecule has 6 nitrogen and oxygen atoms in total. The lowest BCUT2D eigenvalue weighted by Crippen LogP contribution is -2.23. The maximum absolute atomic E-state index is 11.9. The van der Waals surface area contributed by atoms with Crippen molar-refractivity contribution in [3.63, 3.8) is 0 Å². The van der Waals surface area contributed by atoms with Gasteiger partial charge in [0.05, 0.1) is 16.2 Å². The van der Waals surface area contributed by atoms with Gasteiger partial charge in [-0.1, -0.05) is 13.0 Å². The molecule has 0 aliphatic heterocycles. The van der Waals surface area contributed by atoms with Crippen LogP contribution in [0.2, 0.25) is 0 Å². The third kappa shape index (κ3) is 4.12. The van der Waals surface area contributed by atoms with Crippen molar-refractivity contribution in [1.82, 2.24) is 9.71 Å². The number of pyridine rings is 1. The van der Waals surface area contributed by atoms with Gasteiger partial charge in [-0.2, -0.15) is 0 Å². The predicted octanol–water partition coefficient (Wildman–Crippen LogP) is 1.74. The van der Waals surface area contributed by atoms with Gasteiger partial charge in [-0.3, -0.25) is 4.98 Å². The molecule has 0 aliphatic rings. The first-order valence-corrected chi connectivity index (χ1v) is 8.18. The molecule has 1 N–H and O–H groups in total. The molecule has 2 rings (SSSR count). The number of benzene rings is 1. The van der Waals surface area contributed by atoms with E-state index >= 15 is 0 Å². The molecule has 116 valence electrons. The molecule has 0 spiro atoms. The fourth-order valence-corrected chi connectivity index (χ4v) is 2.79. The molecule has 0 saturated carbocycles. The van der Waals surface area contributed by atoms with Crippen LogP contribution in [0.15, 0.2) is 53.6 Å². The lowest BCUT2D eigenvalue weighted by Gasteiger charge is -2.06. The van der Waals surface area contributed by atoms with E-state index < -0.39 is 16.0 Å². The van der Waals surface area contributed by atoms with E-state index in [1.807, 2.05) is 0 Å². The number of nitrogens with zero attached hydrogens (tertiary/aromatic N) is 1. The highest BCUT2D eigenvalue weighted by Gasteiger charge is 2.14. The highest BCUT2D eigenvalue weighted by Crippen LogP contribution is 2.12. The SMILES string of the molecule is CCNS(=O)(=O)c1ccc(C(=O)OCc2ccccn2)cc1. The minimum atomic E-state index is -3.52. The summed E-state index contributed by atoms with van der Waals surface area (Å²) in [6.45, 7) is 2.06. The monoisotopic (exact) mass is 320 g/mol. The molecular weight excluding hydrogens is 304 g/mol. The van der Waals surface area contributed by atoms with Gasteiger partial charge in [-0.05, 0) is 36.4 Å². The van der Waals surface area contributed by atoms with Crippen LogP contribution in [0.1, 0.15) is 23.0 Å². The average molecular weight is 320 g/mol. The standard InChI is InChI=1S/C15H16N2O4S/c1-2-17-22(19,20)14-8-6-12(7-9-14)15(18)21-11-13-5-3-4-10-16-13/h3-10,17H,2,11H2,1H3. The summed E-state index contributed by atoms with van der Waals surface area (Å²) >= 11 is 0. The van der Waals surface area contributed by atoms with Crippen molar-refractivity contribution in [1.29, 1.82) is 0 Å². The van der Waals surface area contributed by atoms with Crippen LogP contribution in [0.25, 0.3) is 0 Å². The molecule has 0 amide bonds. The first-order chi connectivity index (χ1) is 10.5. The Hall–Kier alpha value is -2.25. The number of carbonyl (C=O) groups excluding carboxylic acids is 1. The number of hydrogen-bond acceptors (Lipinski definition) is 5. The summed E-state index contributed by atoms with van der Waals surface area (Å²) in [6, 6.07) is 10.9. The van der Waals surface area contributed by atoms with Crippen LogP contribution < -0.4 is 4.72 Å². The molecule has 1 heterocycles. The summed E-state index contributed by atoms with van der Waals surface area (Å²) in [7, 11) is -3.52. The number of aromatic nitrogens is 1. The van der Waals surface area contributed by atoms with Gasteiger partial charge in [-0.15, -0.1) is 0 Å². The van der Waals surface area contributed by atoms with E-state index in [1.165, 1.54) is 24.3 Å². The lowest BCUT2D eigenvalue weighted by atomic mass is 10.2. The summed E-state index contributed by atoms with van der Waals surface area (Å²) in [5.74, 6) is -0.530. The van der Waals surface area contributed by atoms with Crippen molar-refractivity contribution < 1.29 is 17.9 Å². The molecule has 0 saturated heterocycles. The minimum Gasteiger partial charge on any atom is -0.456 e. The molecular formula is C15H16N2O4S. The number of hydrogen-bond donors (Lipinski definition) is 1. The quantitative estimate of drug-likeness (QED) is 0.819. The van der Waals surface area contributed by atoms with Crippen LogP contribution in [0.3, 0.4) is 0 Å². The smallest absolute Gasteiger partial charge is 0.338 e. The number of sulfonamides is 1. The summed E-state index contributed by atoms with van der Waals surface area (Å²) in [5.41, 5.74) is 0.925. The van der Waals surface area contributed by atoms with E-state index in [-0.39, 0.29) is 17.1 Å². The molecule has 0 atom stereocenters. The molecule has 22 heavy (non-hydrogen) atoms. The molecule has 0 aliphatic carbocycles.